The molecule has 7 heteroatoms. The first-order chi connectivity index (χ1) is 14.2. The predicted molar refractivity (Wildman–Crippen MR) is 113 cm³/mol. The summed E-state index contributed by atoms with van der Waals surface area (Å²) in [6.07, 6.45) is 6.58. The molecule has 2 aromatic heterocycles. The van der Waals surface area contributed by atoms with E-state index in [-0.39, 0.29) is 6.10 Å². The molecular formula is C22H20N6O. The van der Waals surface area contributed by atoms with E-state index < -0.39 is 0 Å². The summed E-state index contributed by atoms with van der Waals surface area (Å²) in [5.74, 6) is 0.772. The molecule has 1 atom stereocenters. The van der Waals surface area contributed by atoms with Gasteiger partial charge in [-0.15, -0.1) is 0 Å². The van der Waals surface area contributed by atoms with Crippen LogP contribution in [0.1, 0.15) is 17.4 Å². The number of hydrogen-bond donors (Lipinski definition) is 3. The summed E-state index contributed by atoms with van der Waals surface area (Å²) in [6, 6.07) is 12.1. The summed E-state index contributed by atoms with van der Waals surface area (Å²) in [7, 11) is 0. The molecule has 1 unspecified atom stereocenters. The number of nitrogen functional groups attached to an aromatic ring is 1. The number of hydrogen-bond acceptors (Lipinski definition) is 6. The number of imidazole rings is 1. The van der Waals surface area contributed by atoms with Crippen LogP contribution in [-0.2, 0) is 6.42 Å². The second-order valence-corrected chi connectivity index (χ2v) is 7.46. The Morgan fingerprint density at radius 3 is 3.03 bits per heavy atom. The van der Waals surface area contributed by atoms with Crippen LogP contribution in [0.2, 0.25) is 0 Å². The quantitative estimate of drug-likeness (QED) is 0.459. The van der Waals surface area contributed by atoms with Gasteiger partial charge in [-0.1, -0.05) is 12.1 Å². The summed E-state index contributed by atoms with van der Waals surface area (Å²) in [6.45, 7) is 1.59. The highest BCUT2D eigenvalue weighted by atomic mass is 16.5. The minimum absolute atomic E-state index is 0.247. The van der Waals surface area contributed by atoms with Gasteiger partial charge in [0.25, 0.3) is 0 Å². The maximum absolute atomic E-state index is 6.27. The van der Waals surface area contributed by atoms with Crippen molar-refractivity contribution in [1.29, 1.82) is 0 Å². The minimum Gasteiger partial charge on any atom is -0.480 e. The maximum atomic E-state index is 6.27. The summed E-state index contributed by atoms with van der Waals surface area (Å²) in [4.78, 5) is 9.50. The molecule has 144 valence electrons. The van der Waals surface area contributed by atoms with E-state index in [4.69, 9.17) is 15.5 Å². The second kappa shape index (κ2) is 6.13. The molecule has 0 saturated carbocycles. The summed E-state index contributed by atoms with van der Waals surface area (Å²) in [5.41, 5.74) is 13.6. The van der Waals surface area contributed by atoms with E-state index in [1.165, 1.54) is 11.3 Å². The van der Waals surface area contributed by atoms with Crippen LogP contribution in [0.5, 0.6) is 5.75 Å². The van der Waals surface area contributed by atoms with Crippen molar-refractivity contribution >= 4 is 22.7 Å². The van der Waals surface area contributed by atoms with Gasteiger partial charge in [0, 0.05) is 42.1 Å². The molecule has 0 bridgehead atoms. The Bertz CT molecular complexity index is 1250. The number of anilines is 3. The number of nitrogens with one attached hydrogen (secondary N) is 2. The number of ether oxygens (including phenoxy) is 1. The van der Waals surface area contributed by atoms with Crippen LogP contribution in [0, 0.1) is 0 Å². The number of rotatable bonds is 2. The van der Waals surface area contributed by atoms with Crippen LogP contribution in [0.25, 0.3) is 16.9 Å². The fraction of sp³-hybridized carbons (Fsp3) is 0.182. The zero-order valence-corrected chi connectivity index (χ0v) is 15.7. The molecule has 2 aromatic carbocycles. The van der Waals surface area contributed by atoms with Crippen LogP contribution >= 0.6 is 0 Å². The Balaban J connectivity index is 1.44. The van der Waals surface area contributed by atoms with Gasteiger partial charge in [-0.25, -0.2) is 9.97 Å². The molecule has 2 aliphatic heterocycles. The fourth-order valence-electron chi connectivity index (χ4n) is 4.10. The molecule has 0 aliphatic carbocycles. The van der Waals surface area contributed by atoms with E-state index in [2.05, 4.69) is 33.8 Å². The van der Waals surface area contributed by atoms with E-state index in [1.54, 1.807) is 6.20 Å². The first-order valence-corrected chi connectivity index (χ1v) is 9.75. The van der Waals surface area contributed by atoms with E-state index in [0.29, 0.717) is 12.2 Å². The van der Waals surface area contributed by atoms with Crippen LogP contribution < -0.4 is 21.1 Å². The Labute approximate surface area is 167 Å². The van der Waals surface area contributed by atoms with Gasteiger partial charge in [0.2, 0.25) is 0 Å². The number of nitrogens with two attached hydrogens (primary N) is 1. The molecule has 29 heavy (non-hydrogen) atoms. The molecule has 0 saturated heterocycles. The Hall–Kier alpha value is -3.74. The van der Waals surface area contributed by atoms with E-state index >= 15 is 0 Å². The van der Waals surface area contributed by atoms with Gasteiger partial charge in [-0.3, -0.25) is 0 Å². The van der Waals surface area contributed by atoms with Crippen LogP contribution in [-0.4, -0.2) is 27.5 Å². The van der Waals surface area contributed by atoms with E-state index in [9.17, 15) is 0 Å². The average Bonchev–Trinajstić information content (AvgIpc) is 3.41. The standard InChI is InChI=1S/C22H20N6O/c23-15-3-4-19-17(10-15)26-11-20(29-19)21-22-25-7-8-28(22)12-18(27-21)14-2-1-13-5-6-24-16(13)9-14/h1-4,7-10,12,20,24,26H,5-6,11,23H2. The molecule has 0 fully saturated rings. The highest BCUT2D eigenvalue weighted by Crippen LogP contribution is 2.36. The highest BCUT2D eigenvalue weighted by Gasteiger charge is 2.26. The summed E-state index contributed by atoms with van der Waals surface area (Å²) in [5, 5.41) is 6.85. The van der Waals surface area contributed by atoms with Crippen LogP contribution in [0.15, 0.2) is 55.0 Å². The number of fused-ring (bicyclic) bond motifs is 3. The van der Waals surface area contributed by atoms with Crippen molar-refractivity contribution in [1.82, 2.24) is 14.4 Å². The van der Waals surface area contributed by atoms with Crippen molar-refractivity contribution in [3.05, 3.63) is 66.2 Å². The molecule has 0 spiro atoms. The summed E-state index contributed by atoms with van der Waals surface area (Å²) >= 11 is 0. The van der Waals surface area contributed by atoms with Crippen LogP contribution in [0.4, 0.5) is 17.1 Å². The Morgan fingerprint density at radius 1 is 1.10 bits per heavy atom. The highest BCUT2D eigenvalue weighted by molar-refractivity contribution is 5.70. The molecular weight excluding hydrogens is 364 g/mol. The van der Waals surface area contributed by atoms with Crippen molar-refractivity contribution in [3.8, 4) is 17.0 Å². The summed E-state index contributed by atoms with van der Waals surface area (Å²) < 4.78 is 8.28. The van der Waals surface area contributed by atoms with Crippen LogP contribution in [0.3, 0.4) is 0 Å². The average molecular weight is 384 g/mol. The molecule has 7 nitrogen and oxygen atoms in total. The Kier molecular flexibility index (Phi) is 3.43. The lowest BCUT2D eigenvalue weighted by molar-refractivity contribution is 0.207. The van der Waals surface area contributed by atoms with Gasteiger partial charge in [-0.2, -0.15) is 0 Å². The molecule has 6 rings (SSSR count). The van der Waals surface area contributed by atoms with Crippen molar-refractivity contribution in [2.75, 3.05) is 29.5 Å². The fourth-order valence-corrected chi connectivity index (χ4v) is 4.10. The van der Waals surface area contributed by atoms with Gasteiger partial charge in [-0.05, 0) is 36.2 Å². The first-order valence-electron chi connectivity index (χ1n) is 9.75. The van der Waals surface area contributed by atoms with E-state index in [0.717, 1.165) is 47.0 Å². The zero-order valence-electron chi connectivity index (χ0n) is 15.7. The van der Waals surface area contributed by atoms with Gasteiger partial charge >= 0.3 is 0 Å². The van der Waals surface area contributed by atoms with Crippen molar-refractivity contribution < 1.29 is 4.74 Å². The maximum Gasteiger partial charge on any atom is 0.162 e. The largest absolute Gasteiger partial charge is 0.480 e. The normalized spacial score (nSPS) is 17.2. The molecule has 0 amide bonds. The second-order valence-electron chi connectivity index (χ2n) is 7.46. The number of nitrogens with zero attached hydrogens (tertiary/aromatic N) is 3. The monoisotopic (exact) mass is 384 g/mol. The van der Waals surface area contributed by atoms with Gasteiger partial charge in [0.05, 0.1) is 17.9 Å². The molecule has 2 aliphatic rings. The van der Waals surface area contributed by atoms with Crippen molar-refractivity contribution in [2.24, 2.45) is 0 Å². The van der Waals surface area contributed by atoms with Gasteiger partial charge < -0.3 is 25.5 Å². The number of aromatic nitrogens is 3. The Morgan fingerprint density at radius 2 is 2.07 bits per heavy atom. The van der Waals surface area contributed by atoms with E-state index in [1.807, 2.05) is 35.0 Å². The SMILES string of the molecule is Nc1ccc2c(c1)NCC(c1nc(-c3ccc4c(c3)NCC4)cn3ccnc13)O2. The third-order valence-corrected chi connectivity index (χ3v) is 5.57. The topological polar surface area (TPSA) is 89.5 Å². The third-order valence-electron chi connectivity index (χ3n) is 5.57. The third kappa shape index (κ3) is 2.66. The van der Waals surface area contributed by atoms with Gasteiger partial charge in [0.1, 0.15) is 11.4 Å². The molecule has 4 heterocycles. The predicted octanol–water partition coefficient (Wildman–Crippen LogP) is 3.49. The molecule has 0 radical (unpaired) electrons. The lowest BCUT2D eigenvalue weighted by atomic mass is 10.1. The minimum atomic E-state index is -0.247. The van der Waals surface area contributed by atoms with Gasteiger partial charge in [0.15, 0.2) is 11.8 Å². The zero-order chi connectivity index (χ0) is 19.4. The number of benzene rings is 2. The lowest BCUT2D eigenvalue weighted by Crippen LogP contribution is -2.25. The lowest BCUT2D eigenvalue weighted by Gasteiger charge is -2.27. The molecule has 4 aromatic rings. The van der Waals surface area contributed by atoms with Crippen molar-refractivity contribution in [2.45, 2.75) is 12.5 Å². The first kappa shape index (κ1) is 16.2. The van der Waals surface area contributed by atoms with Crippen molar-refractivity contribution in [3.63, 3.8) is 0 Å². The smallest absolute Gasteiger partial charge is 0.162 e. The molecule has 4 N–H and O–H groups in total.